The number of aliphatic imine (C=N–C) groups is 1. The van der Waals surface area contributed by atoms with E-state index < -0.39 is 11.6 Å². The van der Waals surface area contributed by atoms with Gasteiger partial charge in [-0.25, -0.2) is 23.2 Å². The molecule has 0 amide bonds. The lowest BCUT2D eigenvalue weighted by Crippen LogP contribution is -2.38. The summed E-state index contributed by atoms with van der Waals surface area (Å²) in [7, 11) is 0. The second kappa shape index (κ2) is 6.70. The Kier molecular flexibility index (Phi) is 4.36. The second-order valence-electron chi connectivity index (χ2n) is 6.68. The maximum Gasteiger partial charge on any atom is 0.159 e. The fourth-order valence-corrected chi connectivity index (χ4v) is 3.44. The molecule has 4 rings (SSSR count). The topological polar surface area (TPSA) is 18.8 Å². The van der Waals surface area contributed by atoms with Gasteiger partial charge in [-0.1, -0.05) is 18.2 Å². The van der Waals surface area contributed by atoms with Crippen molar-refractivity contribution in [3.63, 3.8) is 0 Å². The summed E-state index contributed by atoms with van der Waals surface area (Å²) in [5, 5.41) is 3.98. The first-order valence-corrected chi connectivity index (χ1v) is 8.67. The minimum absolute atomic E-state index is 0.130. The Morgan fingerprint density at radius 2 is 1.74 bits per heavy atom. The molecule has 27 heavy (non-hydrogen) atoms. The van der Waals surface area contributed by atoms with E-state index in [0.29, 0.717) is 17.9 Å². The van der Waals surface area contributed by atoms with Crippen LogP contribution in [0.1, 0.15) is 25.0 Å². The summed E-state index contributed by atoms with van der Waals surface area (Å²) in [6, 6.07) is 10.1. The zero-order valence-corrected chi connectivity index (χ0v) is 15.0. The van der Waals surface area contributed by atoms with Gasteiger partial charge >= 0.3 is 0 Å². The molecule has 138 valence electrons. The number of hydrogen-bond donors (Lipinski definition) is 0. The third kappa shape index (κ3) is 3.17. The quantitative estimate of drug-likeness (QED) is 0.768. The minimum Gasteiger partial charge on any atom is -0.263 e. The van der Waals surface area contributed by atoms with Crippen LogP contribution in [0, 0.1) is 17.5 Å². The van der Waals surface area contributed by atoms with Gasteiger partial charge in [0.1, 0.15) is 5.82 Å². The van der Waals surface area contributed by atoms with E-state index in [1.807, 2.05) is 31.1 Å². The number of nitrogens with zero attached hydrogens (tertiary/aromatic N) is 3. The molecule has 2 heterocycles. The van der Waals surface area contributed by atoms with Gasteiger partial charge in [0, 0.05) is 24.0 Å². The highest BCUT2D eigenvalue weighted by Gasteiger charge is 2.37. The Morgan fingerprint density at radius 1 is 1.00 bits per heavy atom. The van der Waals surface area contributed by atoms with E-state index in [1.54, 1.807) is 18.2 Å². The predicted molar refractivity (Wildman–Crippen MR) is 98.8 cm³/mol. The van der Waals surface area contributed by atoms with Gasteiger partial charge in [0.25, 0.3) is 0 Å². The van der Waals surface area contributed by atoms with Crippen molar-refractivity contribution in [1.82, 2.24) is 10.0 Å². The second-order valence-corrected chi connectivity index (χ2v) is 6.68. The first kappa shape index (κ1) is 17.5. The summed E-state index contributed by atoms with van der Waals surface area (Å²) in [5.74, 6) is -1.36. The van der Waals surface area contributed by atoms with E-state index >= 15 is 0 Å². The van der Waals surface area contributed by atoms with Crippen molar-refractivity contribution in [3.8, 4) is 0 Å². The summed E-state index contributed by atoms with van der Waals surface area (Å²) in [5.41, 5.74) is 3.18. The van der Waals surface area contributed by atoms with Crippen LogP contribution in [0.2, 0.25) is 0 Å². The molecule has 6 heteroatoms. The lowest BCUT2D eigenvalue weighted by Gasteiger charge is -2.32. The first-order valence-electron chi connectivity index (χ1n) is 8.67. The molecule has 0 saturated heterocycles. The van der Waals surface area contributed by atoms with Gasteiger partial charge in [0.15, 0.2) is 17.5 Å². The van der Waals surface area contributed by atoms with E-state index in [1.165, 1.54) is 18.2 Å². The van der Waals surface area contributed by atoms with E-state index in [-0.39, 0.29) is 11.9 Å². The third-order valence-corrected chi connectivity index (χ3v) is 4.83. The van der Waals surface area contributed by atoms with Gasteiger partial charge in [-0.15, -0.1) is 0 Å². The molecule has 0 aliphatic carbocycles. The average Bonchev–Trinajstić information content (AvgIpc) is 2.90. The lowest BCUT2D eigenvalue weighted by molar-refractivity contribution is 0.0469. The number of halogens is 3. The van der Waals surface area contributed by atoms with E-state index in [9.17, 15) is 13.2 Å². The Labute approximate surface area is 155 Å². The van der Waals surface area contributed by atoms with Gasteiger partial charge in [-0.3, -0.25) is 5.01 Å². The van der Waals surface area contributed by atoms with Gasteiger partial charge in [-0.05, 0) is 55.3 Å². The zero-order valence-electron chi connectivity index (χ0n) is 15.0. The molecule has 3 nitrogen and oxygen atoms in total. The van der Waals surface area contributed by atoms with Crippen molar-refractivity contribution < 1.29 is 13.2 Å². The van der Waals surface area contributed by atoms with Crippen LogP contribution in [0.4, 0.5) is 13.2 Å². The van der Waals surface area contributed by atoms with Crippen LogP contribution in [-0.4, -0.2) is 21.8 Å². The van der Waals surface area contributed by atoms with Crippen LogP contribution in [0.25, 0.3) is 5.57 Å². The number of hydrazine groups is 1. The van der Waals surface area contributed by atoms with Crippen molar-refractivity contribution >= 4 is 11.3 Å². The Balaban J connectivity index is 1.75. The molecule has 2 aliphatic heterocycles. The highest BCUT2D eigenvalue weighted by Crippen LogP contribution is 2.39. The summed E-state index contributed by atoms with van der Waals surface area (Å²) in [6.45, 7) is 4.40. The molecule has 0 aromatic heterocycles. The monoisotopic (exact) mass is 369 g/mol. The van der Waals surface area contributed by atoms with Crippen molar-refractivity contribution in [1.29, 1.82) is 0 Å². The maximum atomic E-state index is 13.8. The third-order valence-electron chi connectivity index (χ3n) is 4.83. The summed E-state index contributed by atoms with van der Waals surface area (Å²) in [6.07, 6.45) is 3.80. The number of fused-ring (bicyclic) bond motifs is 1. The van der Waals surface area contributed by atoms with Crippen LogP contribution in [0.15, 0.2) is 65.6 Å². The molecule has 1 unspecified atom stereocenters. The molecular formula is C21H18F3N3. The normalized spacial score (nSPS) is 19.5. The molecule has 0 saturated carbocycles. The van der Waals surface area contributed by atoms with Gasteiger partial charge in [0.2, 0.25) is 0 Å². The average molecular weight is 369 g/mol. The lowest BCUT2D eigenvalue weighted by atomic mass is 9.99. The van der Waals surface area contributed by atoms with Crippen molar-refractivity contribution in [3.05, 3.63) is 89.1 Å². The molecule has 0 spiro atoms. The van der Waals surface area contributed by atoms with Gasteiger partial charge in [0.05, 0.1) is 6.04 Å². The van der Waals surface area contributed by atoms with Crippen molar-refractivity contribution in [2.45, 2.75) is 26.4 Å². The molecule has 2 aliphatic rings. The van der Waals surface area contributed by atoms with Gasteiger partial charge in [-0.2, -0.15) is 0 Å². The first-order chi connectivity index (χ1) is 12.9. The fourth-order valence-electron chi connectivity index (χ4n) is 3.44. The maximum absolute atomic E-state index is 13.8. The van der Waals surface area contributed by atoms with E-state index in [0.717, 1.165) is 22.9 Å². The zero-order chi connectivity index (χ0) is 19.1. The predicted octanol–water partition coefficient (Wildman–Crippen LogP) is 4.88. The number of hydrogen-bond acceptors (Lipinski definition) is 3. The van der Waals surface area contributed by atoms with Crippen molar-refractivity contribution in [2.75, 3.05) is 0 Å². The van der Waals surface area contributed by atoms with Crippen molar-refractivity contribution in [2.24, 2.45) is 4.99 Å². The molecule has 0 fully saturated rings. The van der Waals surface area contributed by atoms with Crippen LogP contribution in [0.3, 0.4) is 0 Å². The molecule has 0 bridgehead atoms. The summed E-state index contributed by atoms with van der Waals surface area (Å²) in [4.78, 5) is 4.63. The Hall–Kier alpha value is -2.86. The smallest absolute Gasteiger partial charge is 0.159 e. The molecule has 1 atom stereocenters. The van der Waals surface area contributed by atoms with Crippen LogP contribution >= 0.6 is 0 Å². The highest BCUT2D eigenvalue weighted by molar-refractivity contribution is 5.95. The number of benzene rings is 2. The molecule has 2 aromatic carbocycles. The van der Waals surface area contributed by atoms with Crippen LogP contribution in [0.5, 0.6) is 0 Å². The summed E-state index contributed by atoms with van der Waals surface area (Å²) >= 11 is 0. The van der Waals surface area contributed by atoms with Gasteiger partial charge < -0.3 is 0 Å². The van der Waals surface area contributed by atoms with Crippen LogP contribution < -0.4 is 0 Å². The fraction of sp³-hybridized carbons (Fsp3) is 0.190. The molecule has 2 aromatic rings. The Bertz CT molecular complexity index is 977. The Morgan fingerprint density at radius 3 is 2.44 bits per heavy atom. The highest BCUT2D eigenvalue weighted by atomic mass is 19.2. The standard InChI is InChI=1S/C21H18F3N3/c1-13-9-10-26-21(25-13)20(16-5-8-18(23)19(24)11-16)14(2)27(26)12-15-3-6-17(22)7-4-15/h3-11,14H,12H2,1-2H3. The molecule has 0 radical (unpaired) electrons. The number of rotatable bonds is 3. The SMILES string of the molecule is CC1=NC2=C(c3ccc(F)c(F)c3)C(C)N(Cc3ccc(F)cc3)N2C=C1. The molecular weight excluding hydrogens is 351 g/mol. The number of allylic oxidation sites excluding steroid dienone is 1. The minimum atomic E-state index is -0.886. The summed E-state index contributed by atoms with van der Waals surface area (Å²) < 4.78 is 40.4. The van der Waals surface area contributed by atoms with Crippen LogP contribution in [-0.2, 0) is 6.54 Å². The van der Waals surface area contributed by atoms with E-state index in [4.69, 9.17) is 0 Å². The van der Waals surface area contributed by atoms with E-state index in [2.05, 4.69) is 10.0 Å². The molecule has 0 N–H and O–H groups in total. The largest absolute Gasteiger partial charge is 0.263 e.